The minimum Gasteiger partial charge on any atom is -0.494 e. The van der Waals surface area contributed by atoms with E-state index in [0.29, 0.717) is 25.3 Å². The third-order valence-corrected chi connectivity index (χ3v) is 6.01. The van der Waals surface area contributed by atoms with E-state index in [1.165, 1.54) is 32.4 Å². The molecule has 2 aromatic rings. The van der Waals surface area contributed by atoms with Gasteiger partial charge in [0.15, 0.2) is 0 Å². The van der Waals surface area contributed by atoms with E-state index in [-0.39, 0.29) is 18.4 Å². The molecular formula is C25H31N3O3. The number of amides is 2. The number of carbonyl (C=O) groups excluding carboxylic acids is 2. The van der Waals surface area contributed by atoms with Gasteiger partial charge in [0.2, 0.25) is 5.91 Å². The molecular weight excluding hydrogens is 390 g/mol. The van der Waals surface area contributed by atoms with Gasteiger partial charge >= 0.3 is 0 Å². The van der Waals surface area contributed by atoms with Crippen LogP contribution in [0, 0.1) is 0 Å². The predicted octanol–water partition coefficient (Wildman–Crippen LogP) is 3.43. The Labute approximate surface area is 184 Å². The van der Waals surface area contributed by atoms with Gasteiger partial charge in [-0.1, -0.05) is 24.6 Å². The Morgan fingerprint density at radius 3 is 2.32 bits per heavy atom. The Morgan fingerprint density at radius 1 is 0.871 bits per heavy atom. The van der Waals surface area contributed by atoms with Gasteiger partial charge in [-0.3, -0.25) is 9.59 Å². The first-order chi connectivity index (χ1) is 15.2. The van der Waals surface area contributed by atoms with Crippen molar-refractivity contribution >= 4 is 17.5 Å². The van der Waals surface area contributed by atoms with Crippen LogP contribution in [-0.2, 0) is 4.79 Å². The highest BCUT2D eigenvalue weighted by Gasteiger charge is 2.28. The summed E-state index contributed by atoms with van der Waals surface area (Å²) in [5.74, 6) is 0.667. The fraction of sp³-hybridized carbons (Fsp3) is 0.440. The Bertz CT molecular complexity index is 863. The zero-order chi connectivity index (χ0) is 21.5. The molecule has 0 aromatic heterocycles. The van der Waals surface area contributed by atoms with E-state index in [9.17, 15) is 9.59 Å². The normalized spacial score (nSPS) is 17.6. The summed E-state index contributed by atoms with van der Waals surface area (Å²) in [4.78, 5) is 31.2. The van der Waals surface area contributed by atoms with Gasteiger partial charge in [0.1, 0.15) is 12.3 Å². The standard InChI is InChI=1S/C25H31N3O3/c29-24-20-27(25(30)21-8-3-1-4-9-21)17-18-28(24)22-10-12-23(13-11-22)31-19-7-16-26-14-5-2-6-15-26/h1,3-4,8-13H,2,5-7,14-20H2. The summed E-state index contributed by atoms with van der Waals surface area (Å²) in [6.07, 6.45) is 5.02. The second kappa shape index (κ2) is 10.4. The van der Waals surface area contributed by atoms with E-state index in [1.807, 2.05) is 42.5 Å². The molecule has 4 rings (SSSR count). The largest absolute Gasteiger partial charge is 0.494 e. The molecule has 2 aliphatic heterocycles. The molecule has 6 nitrogen and oxygen atoms in total. The van der Waals surface area contributed by atoms with E-state index in [4.69, 9.17) is 4.74 Å². The smallest absolute Gasteiger partial charge is 0.254 e. The molecule has 31 heavy (non-hydrogen) atoms. The van der Waals surface area contributed by atoms with Crippen molar-refractivity contribution in [1.29, 1.82) is 0 Å². The molecule has 164 valence electrons. The molecule has 0 spiro atoms. The van der Waals surface area contributed by atoms with Crippen LogP contribution in [0.25, 0.3) is 0 Å². The quantitative estimate of drug-likeness (QED) is 0.643. The van der Waals surface area contributed by atoms with Gasteiger partial charge in [-0.05, 0) is 68.8 Å². The lowest BCUT2D eigenvalue weighted by Gasteiger charge is -2.34. The highest BCUT2D eigenvalue weighted by Crippen LogP contribution is 2.22. The van der Waals surface area contributed by atoms with Crippen LogP contribution < -0.4 is 9.64 Å². The van der Waals surface area contributed by atoms with E-state index in [2.05, 4.69) is 4.90 Å². The van der Waals surface area contributed by atoms with Crippen molar-refractivity contribution in [2.45, 2.75) is 25.7 Å². The van der Waals surface area contributed by atoms with Crippen LogP contribution in [0.5, 0.6) is 5.75 Å². The first kappa shape index (κ1) is 21.4. The second-order valence-corrected chi connectivity index (χ2v) is 8.24. The predicted molar refractivity (Wildman–Crippen MR) is 122 cm³/mol. The number of hydrogen-bond donors (Lipinski definition) is 0. The maximum atomic E-state index is 12.7. The fourth-order valence-electron chi connectivity index (χ4n) is 4.27. The molecule has 2 fully saturated rings. The molecule has 0 radical (unpaired) electrons. The maximum Gasteiger partial charge on any atom is 0.254 e. The number of rotatable bonds is 7. The topological polar surface area (TPSA) is 53.1 Å². The molecule has 0 unspecified atom stereocenters. The Morgan fingerprint density at radius 2 is 1.61 bits per heavy atom. The van der Waals surface area contributed by atoms with Crippen molar-refractivity contribution in [3.63, 3.8) is 0 Å². The van der Waals surface area contributed by atoms with Crippen molar-refractivity contribution in [2.75, 3.05) is 50.8 Å². The molecule has 6 heteroatoms. The van der Waals surface area contributed by atoms with Gasteiger partial charge < -0.3 is 19.4 Å². The molecule has 2 saturated heterocycles. The highest BCUT2D eigenvalue weighted by atomic mass is 16.5. The third kappa shape index (κ3) is 5.64. The average molecular weight is 422 g/mol. The molecule has 0 saturated carbocycles. The van der Waals surface area contributed by atoms with Gasteiger partial charge in [0.05, 0.1) is 6.61 Å². The lowest BCUT2D eigenvalue weighted by molar-refractivity contribution is -0.120. The van der Waals surface area contributed by atoms with Gasteiger partial charge in [-0.2, -0.15) is 0 Å². The van der Waals surface area contributed by atoms with Gasteiger partial charge in [-0.25, -0.2) is 0 Å². The second-order valence-electron chi connectivity index (χ2n) is 8.24. The SMILES string of the molecule is O=C(c1ccccc1)N1CCN(c2ccc(OCCCN3CCCCC3)cc2)C(=O)C1. The third-order valence-electron chi connectivity index (χ3n) is 6.01. The van der Waals surface area contributed by atoms with Gasteiger partial charge in [0.25, 0.3) is 5.91 Å². The molecule has 2 amide bonds. The lowest BCUT2D eigenvalue weighted by atomic mass is 10.1. The van der Waals surface area contributed by atoms with Crippen LogP contribution in [0.15, 0.2) is 54.6 Å². The summed E-state index contributed by atoms with van der Waals surface area (Å²) in [5, 5.41) is 0. The number of piperazine rings is 1. The number of hydrogen-bond acceptors (Lipinski definition) is 4. The summed E-state index contributed by atoms with van der Waals surface area (Å²) in [7, 11) is 0. The number of nitrogens with zero attached hydrogens (tertiary/aromatic N) is 3. The summed E-state index contributed by atoms with van der Waals surface area (Å²) < 4.78 is 5.88. The zero-order valence-corrected chi connectivity index (χ0v) is 18.0. The van der Waals surface area contributed by atoms with E-state index < -0.39 is 0 Å². The molecule has 2 heterocycles. The number of likely N-dealkylation sites (tertiary alicyclic amines) is 1. The van der Waals surface area contributed by atoms with Crippen molar-refractivity contribution in [1.82, 2.24) is 9.80 Å². The highest BCUT2D eigenvalue weighted by molar-refractivity contribution is 6.01. The minimum absolute atomic E-state index is 0.0641. The molecule has 0 N–H and O–H groups in total. The Balaban J connectivity index is 1.24. The van der Waals surface area contributed by atoms with Gasteiger partial charge in [0, 0.05) is 30.9 Å². The van der Waals surface area contributed by atoms with E-state index in [1.54, 1.807) is 21.9 Å². The van der Waals surface area contributed by atoms with Crippen LogP contribution in [0.3, 0.4) is 0 Å². The summed E-state index contributed by atoms with van der Waals surface area (Å²) in [6, 6.07) is 16.8. The van der Waals surface area contributed by atoms with Crippen LogP contribution >= 0.6 is 0 Å². The fourth-order valence-corrected chi connectivity index (χ4v) is 4.27. The first-order valence-corrected chi connectivity index (χ1v) is 11.3. The minimum atomic E-state index is -0.0955. The number of piperidine rings is 1. The summed E-state index contributed by atoms with van der Waals surface area (Å²) in [5.41, 5.74) is 1.46. The van der Waals surface area contributed by atoms with Crippen LogP contribution in [-0.4, -0.2) is 67.5 Å². The summed E-state index contributed by atoms with van der Waals surface area (Å²) >= 11 is 0. The number of benzene rings is 2. The number of carbonyl (C=O) groups is 2. The average Bonchev–Trinajstić information content (AvgIpc) is 2.83. The van der Waals surface area contributed by atoms with Crippen molar-refractivity contribution in [3.8, 4) is 5.75 Å². The first-order valence-electron chi connectivity index (χ1n) is 11.3. The Hall–Kier alpha value is -2.86. The monoisotopic (exact) mass is 421 g/mol. The molecule has 0 aliphatic carbocycles. The van der Waals surface area contributed by atoms with Crippen LogP contribution in [0.4, 0.5) is 5.69 Å². The van der Waals surface area contributed by atoms with Crippen molar-refractivity contribution in [2.24, 2.45) is 0 Å². The molecule has 2 aliphatic rings. The zero-order valence-electron chi connectivity index (χ0n) is 18.0. The van der Waals surface area contributed by atoms with Crippen molar-refractivity contribution in [3.05, 3.63) is 60.2 Å². The maximum absolute atomic E-state index is 12.7. The molecule has 2 aromatic carbocycles. The lowest BCUT2D eigenvalue weighted by Crippen LogP contribution is -2.52. The van der Waals surface area contributed by atoms with Crippen molar-refractivity contribution < 1.29 is 14.3 Å². The number of anilines is 1. The van der Waals surface area contributed by atoms with Crippen LogP contribution in [0.2, 0.25) is 0 Å². The van der Waals surface area contributed by atoms with Gasteiger partial charge in [-0.15, -0.1) is 0 Å². The number of ether oxygens (including phenoxy) is 1. The molecule has 0 bridgehead atoms. The summed E-state index contributed by atoms with van der Waals surface area (Å²) in [6.45, 7) is 5.34. The molecule has 0 atom stereocenters. The van der Waals surface area contributed by atoms with E-state index >= 15 is 0 Å². The van der Waals surface area contributed by atoms with Crippen LogP contribution in [0.1, 0.15) is 36.0 Å². The van der Waals surface area contributed by atoms with E-state index in [0.717, 1.165) is 24.4 Å². The Kier molecular flexibility index (Phi) is 7.20.